The van der Waals surface area contributed by atoms with E-state index in [9.17, 15) is 4.79 Å². The highest BCUT2D eigenvalue weighted by Gasteiger charge is 2.10. The number of amides is 1. The van der Waals surface area contributed by atoms with Crippen molar-refractivity contribution in [3.63, 3.8) is 0 Å². The Kier molecular flexibility index (Phi) is 3.50. The van der Waals surface area contributed by atoms with Crippen LogP contribution in [0.5, 0.6) is 0 Å². The van der Waals surface area contributed by atoms with Gasteiger partial charge in [0.2, 0.25) is 5.91 Å². The minimum Gasteiger partial charge on any atom is -0.302 e. The lowest BCUT2D eigenvalue weighted by molar-refractivity contribution is -0.115. The Balaban J connectivity index is 1.73. The summed E-state index contributed by atoms with van der Waals surface area (Å²) in [6.07, 6.45) is 0.291. The second-order valence-corrected chi connectivity index (χ2v) is 6.67. The summed E-state index contributed by atoms with van der Waals surface area (Å²) in [5, 5.41) is 6.37. The molecule has 0 saturated heterocycles. The minimum absolute atomic E-state index is 0.0777. The number of fused-ring (bicyclic) bond motifs is 1. The third-order valence-electron chi connectivity index (χ3n) is 2.80. The SMILES string of the molecule is Cc1ccc2nc(NC(=O)Cc3csc(C)n3)sc2c1. The summed E-state index contributed by atoms with van der Waals surface area (Å²) < 4.78 is 1.09. The molecule has 0 saturated carbocycles. The Morgan fingerprint density at radius 3 is 2.90 bits per heavy atom. The van der Waals surface area contributed by atoms with Crippen molar-refractivity contribution in [1.29, 1.82) is 0 Å². The number of hydrogen-bond donors (Lipinski definition) is 1. The van der Waals surface area contributed by atoms with Crippen LogP contribution in [0.2, 0.25) is 0 Å². The highest BCUT2D eigenvalue weighted by atomic mass is 32.1. The van der Waals surface area contributed by atoms with Gasteiger partial charge in [-0.2, -0.15) is 0 Å². The number of aromatic nitrogens is 2. The van der Waals surface area contributed by atoms with Gasteiger partial charge >= 0.3 is 0 Å². The topological polar surface area (TPSA) is 54.9 Å². The summed E-state index contributed by atoms with van der Waals surface area (Å²) >= 11 is 3.05. The number of nitrogens with one attached hydrogen (secondary N) is 1. The van der Waals surface area contributed by atoms with Gasteiger partial charge in [0.25, 0.3) is 0 Å². The van der Waals surface area contributed by atoms with Crippen molar-refractivity contribution in [3.8, 4) is 0 Å². The van der Waals surface area contributed by atoms with Crippen LogP contribution in [0.4, 0.5) is 5.13 Å². The molecule has 3 rings (SSSR count). The van der Waals surface area contributed by atoms with E-state index in [1.54, 1.807) is 11.3 Å². The van der Waals surface area contributed by atoms with Gasteiger partial charge in [-0.25, -0.2) is 9.97 Å². The first kappa shape index (κ1) is 13.2. The zero-order valence-electron chi connectivity index (χ0n) is 11.1. The number of aryl methyl sites for hydroxylation is 2. The van der Waals surface area contributed by atoms with Crippen molar-refractivity contribution in [3.05, 3.63) is 39.8 Å². The molecule has 0 aliphatic heterocycles. The van der Waals surface area contributed by atoms with E-state index in [4.69, 9.17) is 0 Å². The van der Waals surface area contributed by atoms with Gasteiger partial charge in [0.15, 0.2) is 5.13 Å². The van der Waals surface area contributed by atoms with Gasteiger partial charge in [0.05, 0.1) is 27.3 Å². The number of nitrogens with zero attached hydrogens (tertiary/aromatic N) is 2. The normalized spacial score (nSPS) is 10.9. The lowest BCUT2D eigenvalue weighted by Gasteiger charge is -1.98. The first-order valence-electron chi connectivity index (χ1n) is 6.18. The van der Waals surface area contributed by atoms with Crippen molar-refractivity contribution < 1.29 is 4.79 Å². The largest absolute Gasteiger partial charge is 0.302 e. The molecule has 0 spiro atoms. The van der Waals surface area contributed by atoms with Crippen molar-refractivity contribution in [2.45, 2.75) is 20.3 Å². The minimum atomic E-state index is -0.0777. The van der Waals surface area contributed by atoms with Gasteiger partial charge in [-0.1, -0.05) is 17.4 Å². The molecule has 0 unspecified atom stereocenters. The molecule has 0 aliphatic carbocycles. The molecule has 0 fully saturated rings. The highest BCUT2D eigenvalue weighted by molar-refractivity contribution is 7.22. The fraction of sp³-hybridized carbons (Fsp3) is 0.214. The van der Waals surface area contributed by atoms with Crippen LogP contribution in [0, 0.1) is 13.8 Å². The monoisotopic (exact) mass is 303 g/mol. The van der Waals surface area contributed by atoms with Gasteiger partial charge in [0, 0.05) is 5.38 Å². The zero-order chi connectivity index (χ0) is 14.1. The number of hydrogen-bond acceptors (Lipinski definition) is 5. The molecule has 4 nitrogen and oxygen atoms in total. The van der Waals surface area contributed by atoms with Crippen LogP contribution >= 0.6 is 22.7 Å². The smallest absolute Gasteiger partial charge is 0.232 e. The first-order valence-corrected chi connectivity index (χ1v) is 7.88. The Hall–Kier alpha value is -1.79. The molecule has 3 aromatic rings. The molecule has 0 aliphatic rings. The number of anilines is 1. The maximum absolute atomic E-state index is 12.0. The molecule has 2 heterocycles. The van der Waals surface area contributed by atoms with Crippen LogP contribution < -0.4 is 5.32 Å². The van der Waals surface area contributed by atoms with Gasteiger partial charge in [0.1, 0.15) is 0 Å². The molecule has 102 valence electrons. The average Bonchev–Trinajstić information content (AvgIpc) is 2.94. The van der Waals surface area contributed by atoms with E-state index in [0.717, 1.165) is 20.9 Å². The van der Waals surface area contributed by atoms with E-state index in [0.29, 0.717) is 11.6 Å². The second-order valence-electron chi connectivity index (χ2n) is 4.57. The van der Waals surface area contributed by atoms with E-state index in [1.165, 1.54) is 16.9 Å². The predicted octanol–water partition coefficient (Wildman–Crippen LogP) is 3.55. The quantitative estimate of drug-likeness (QED) is 0.805. The molecule has 1 N–H and O–H groups in total. The Morgan fingerprint density at radius 1 is 1.30 bits per heavy atom. The Labute approximate surface area is 124 Å². The number of benzene rings is 1. The third kappa shape index (κ3) is 2.86. The van der Waals surface area contributed by atoms with E-state index in [1.807, 2.05) is 31.4 Å². The molecule has 0 radical (unpaired) electrons. The van der Waals surface area contributed by atoms with E-state index in [-0.39, 0.29) is 5.91 Å². The van der Waals surface area contributed by atoms with E-state index in [2.05, 4.69) is 21.4 Å². The number of carbonyl (C=O) groups excluding carboxylic acids is 1. The van der Waals surface area contributed by atoms with E-state index < -0.39 is 0 Å². The fourth-order valence-corrected chi connectivity index (χ4v) is 3.50. The summed E-state index contributed by atoms with van der Waals surface area (Å²) in [4.78, 5) is 20.7. The molecule has 6 heteroatoms. The van der Waals surface area contributed by atoms with Gasteiger partial charge in [-0.15, -0.1) is 11.3 Å². The molecule has 2 aromatic heterocycles. The van der Waals surface area contributed by atoms with Crippen LogP contribution in [0.25, 0.3) is 10.2 Å². The van der Waals surface area contributed by atoms with Crippen LogP contribution in [-0.2, 0) is 11.2 Å². The van der Waals surface area contributed by atoms with Gasteiger partial charge in [-0.3, -0.25) is 4.79 Å². The molecule has 0 atom stereocenters. The maximum atomic E-state index is 12.0. The van der Waals surface area contributed by atoms with E-state index >= 15 is 0 Å². The molecule has 1 aromatic carbocycles. The van der Waals surface area contributed by atoms with Gasteiger partial charge in [-0.05, 0) is 31.5 Å². The van der Waals surface area contributed by atoms with Crippen LogP contribution in [0.1, 0.15) is 16.3 Å². The molecular weight excluding hydrogens is 290 g/mol. The molecule has 20 heavy (non-hydrogen) atoms. The zero-order valence-corrected chi connectivity index (χ0v) is 12.8. The summed E-state index contributed by atoms with van der Waals surface area (Å²) in [5.74, 6) is -0.0777. The number of carbonyl (C=O) groups is 1. The Bertz CT molecular complexity index is 776. The van der Waals surface area contributed by atoms with Crippen LogP contribution in [0.3, 0.4) is 0 Å². The van der Waals surface area contributed by atoms with Crippen LogP contribution in [0.15, 0.2) is 23.6 Å². The predicted molar refractivity (Wildman–Crippen MR) is 83.5 cm³/mol. The molecular formula is C14H13N3OS2. The first-order chi connectivity index (χ1) is 9.60. The van der Waals surface area contributed by atoms with Crippen molar-refractivity contribution >= 4 is 43.9 Å². The second kappa shape index (κ2) is 5.30. The average molecular weight is 303 g/mol. The van der Waals surface area contributed by atoms with Crippen LogP contribution in [-0.4, -0.2) is 15.9 Å². The third-order valence-corrected chi connectivity index (χ3v) is 4.55. The number of thiazole rings is 2. The maximum Gasteiger partial charge on any atom is 0.232 e. The summed E-state index contributed by atoms with van der Waals surface area (Å²) in [7, 11) is 0. The standard InChI is InChI=1S/C14H13N3OS2/c1-8-3-4-11-12(5-8)20-14(16-11)17-13(18)6-10-7-19-9(2)15-10/h3-5,7H,6H2,1-2H3,(H,16,17,18). The summed E-state index contributed by atoms with van der Waals surface area (Å²) in [5.41, 5.74) is 2.92. The summed E-state index contributed by atoms with van der Waals surface area (Å²) in [6.45, 7) is 3.98. The van der Waals surface area contributed by atoms with Gasteiger partial charge < -0.3 is 5.32 Å². The lowest BCUT2D eigenvalue weighted by Crippen LogP contribution is -2.14. The highest BCUT2D eigenvalue weighted by Crippen LogP contribution is 2.26. The van der Waals surface area contributed by atoms with Crippen molar-refractivity contribution in [1.82, 2.24) is 9.97 Å². The fourth-order valence-electron chi connectivity index (χ4n) is 1.90. The Morgan fingerprint density at radius 2 is 2.15 bits per heavy atom. The van der Waals surface area contributed by atoms with Crippen molar-refractivity contribution in [2.24, 2.45) is 0 Å². The lowest BCUT2D eigenvalue weighted by atomic mass is 10.2. The number of rotatable bonds is 3. The molecule has 1 amide bonds. The summed E-state index contributed by atoms with van der Waals surface area (Å²) in [6, 6.07) is 6.07. The molecule has 0 bridgehead atoms. The van der Waals surface area contributed by atoms with Crippen molar-refractivity contribution in [2.75, 3.05) is 5.32 Å².